The van der Waals surface area contributed by atoms with E-state index in [2.05, 4.69) is 10.6 Å². The van der Waals surface area contributed by atoms with Crippen LogP contribution in [0.25, 0.3) is 10.8 Å². The van der Waals surface area contributed by atoms with E-state index in [9.17, 15) is 14.4 Å². The van der Waals surface area contributed by atoms with E-state index in [1.807, 2.05) is 56.3 Å². The standard InChI is InChI=1S/C22H28N2O4/c1-14(2)10-18(13-20(25)26)21(27)24-19(22(28)23-3)12-15-8-9-16-6-4-5-7-17(16)11-15/h4-9,11,14,18-19H,10,12-13H2,1-3H3,(H,23,28)(H,24,27)(H,25,26)/t18-,19-/m0/s1. The summed E-state index contributed by atoms with van der Waals surface area (Å²) in [5.74, 6) is -2.22. The molecule has 0 aromatic heterocycles. The van der Waals surface area contributed by atoms with Gasteiger partial charge in [-0.3, -0.25) is 14.4 Å². The van der Waals surface area contributed by atoms with Crippen LogP contribution in [0.3, 0.4) is 0 Å². The highest BCUT2D eigenvalue weighted by Gasteiger charge is 2.27. The van der Waals surface area contributed by atoms with Crippen LogP contribution in [0.5, 0.6) is 0 Å². The van der Waals surface area contributed by atoms with E-state index in [0.29, 0.717) is 12.8 Å². The molecule has 0 aliphatic heterocycles. The summed E-state index contributed by atoms with van der Waals surface area (Å²) in [4.78, 5) is 36.2. The first-order chi connectivity index (χ1) is 13.3. The van der Waals surface area contributed by atoms with Gasteiger partial charge in [0.15, 0.2) is 0 Å². The van der Waals surface area contributed by atoms with Gasteiger partial charge in [-0.05, 0) is 28.7 Å². The Balaban J connectivity index is 2.18. The van der Waals surface area contributed by atoms with E-state index in [0.717, 1.165) is 16.3 Å². The highest BCUT2D eigenvalue weighted by atomic mass is 16.4. The predicted molar refractivity (Wildman–Crippen MR) is 109 cm³/mol. The van der Waals surface area contributed by atoms with Gasteiger partial charge in [-0.25, -0.2) is 0 Å². The van der Waals surface area contributed by atoms with Crippen LogP contribution in [-0.4, -0.2) is 36.0 Å². The molecule has 0 saturated heterocycles. The van der Waals surface area contributed by atoms with Crippen molar-refractivity contribution in [2.75, 3.05) is 7.05 Å². The highest BCUT2D eigenvalue weighted by molar-refractivity contribution is 5.90. The average molecular weight is 384 g/mol. The molecule has 0 saturated carbocycles. The molecule has 0 bridgehead atoms. The molecular weight excluding hydrogens is 356 g/mol. The van der Waals surface area contributed by atoms with Gasteiger partial charge in [-0.1, -0.05) is 56.3 Å². The lowest BCUT2D eigenvalue weighted by Crippen LogP contribution is -2.49. The molecule has 0 spiro atoms. The Morgan fingerprint density at radius 3 is 2.29 bits per heavy atom. The molecule has 0 unspecified atom stereocenters. The number of carbonyl (C=O) groups is 3. The van der Waals surface area contributed by atoms with Crippen molar-refractivity contribution in [3.63, 3.8) is 0 Å². The van der Waals surface area contributed by atoms with Crippen molar-refractivity contribution in [3.8, 4) is 0 Å². The molecule has 2 aromatic rings. The van der Waals surface area contributed by atoms with Crippen molar-refractivity contribution in [3.05, 3.63) is 48.0 Å². The molecule has 3 N–H and O–H groups in total. The summed E-state index contributed by atoms with van der Waals surface area (Å²) in [7, 11) is 1.52. The largest absolute Gasteiger partial charge is 0.481 e. The number of carboxylic acid groups (broad SMARTS) is 1. The minimum atomic E-state index is -1.02. The van der Waals surface area contributed by atoms with Gasteiger partial charge in [0, 0.05) is 19.4 Å². The third-order valence-electron chi connectivity index (χ3n) is 4.68. The molecule has 2 rings (SSSR count). The summed E-state index contributed by atoms with van der Waals surface area (Å²) >= 11 is 0. The fourth-order valence-corrected chi connectivity index (χ4v) is 3.34. The van der Waals surface area contributed by atoms with E-state index in [-0.39, 0.29) is 18.2 Å². The number of hydrogen-bond acceptors (Lipinski definition) is 3. The molecular formula is C22H28N2O4. The molecule has 0 aliphatic rings. The summed E-state index contributed by atoms with van der Waals surface area (Å²) in [6.07, 6.45) is 0.534. The Morgan fingerprint density at radius 1 is 1.00 bits per heavy atom. The minimum absolute atomic E-state index is 0.175. The predicted octanol–water partition coefficient (Wildman–Crippen LogP) is 2.75. The lowest BCUT2D eigenvalue weighted by atomic mass is 9.92. The van der Waals surface area contributed by atoms with Crippen LogP contribution in [0.15, 0.2) is 42.5 Å². The molecule has 0 aliphatic carbocycles. The molecule has 28 heavy (non-hydrogen) atoms. The average Bonchev–Trinajstić information content (AvgIpc) is 2.65. The van der Waals surface area contributed by atoms with Crippen molar-refractivity contribution >= 4 is 28.6 Å². The quantitative estimate of drug-likeness (QED) is 0.619. The highest BCUT2D eigenvalue weighted by Crippen LogP contribution is 2.19. The fourth-order valence-electron chi connectivity index (χ4n) is 3.34. The molecule has 0 fully saturated rings. The molecule has 2 aromatic carbocycles. The number of aliphatic carboxylic acids is 1. The Hall–Kier alpha value is -2.89. The topological polar surface area (TPSA) is 95.5 Å². The maximum Gasteiger partial charge on any atom is 0.304 e. The third kappa shape index (κ3) is 6.08. The monoisotopic (exact) mass is 384 g/mol. The van der Waals surface area contributed by atoms with E-state index in [1.54, 1.807) is 0 Å². The van der Waals surface area contributed by atoms with Crippen LogP contribution in [0.1, 0.15) is 32.3 Å². The van der Waals surface area contributed by atoms with Crippen LogP contribution in [-0.2, 0) is 20.8 Å². The molecule has 6 nitrogen and oxygen atoms in total. The zero-order valence-corrected chi connectivity index (χ0v) is 16.6. The van der Waals surface area contributed by atoms with Gasteiger partial charge < -0.3 is 15.7 Å². The molecule has 0 radical (unpaired) electrons. The number of rotatable bonds is 9. The van der Waals surface area contributed by atoms with Gasteiger partial charge in [-0.15, -0.1) is 0 Å². The molecule has 2 atom stereocenters. The zero-order chi connectivity index (χ0) is 20.7. The third-order valence-corrected chi connectivity index (χ3v) is 4.68. The second kappa shape index (κ2) is 9.88. The first-order valence-electron chi connectivity index (χ1n) is 9.51. The molecule has 150 valence electrons. The maximum absolute atomic E-state index is 12.7. The van der Waals surface area contributed by atoms with Crippen molar-refractivity contribution in [2.45, 2.75) is 39.2 Å². The second-order valence-corrected chi connectivity index (χ2v) is 7.49. The number of nitrogens with one attached hydrogen (secondary N) is 2. The van der Waals surface area contributed by atoms with Crippen LogP contribution in [0.4, 0.5) is 0 Å². The number of carboxylic acids is 1. The molecule has 0 heterocycles. The lowest BCUT2D eigenvalue weighted by Gasteiger charge is -2.22. The van der Waals surface area contributed by atoms with Crippen LogP contribution < -0.4 is 10.6 Å². The first-order valence-corrected chi connectivity index (χ1v) is 9.51. The Labute approximate surface area is 165 Å². The van der Waals surface area contributed by atoms with E-state index < -0.39 is 23.8 Å². The minimum Gasteiger partial charge on any atom is -0.481 e. The van der Waals surface area contributed by atoms with Gasteiger partial charge in [0.05, 0.1) is 6.42 Å². The van der Waals surface area contributed by atoms with E-state index >= 15 is 0 Å². The fraction of sp³-hybridized carbons (Fsp3) is 0.409. The van der Waals surface area contributed by atoms with Gasteiger partial charge >= 0.3 is 5.97 Å². The number of fused-ring (bicyclic) bond motifs is 1. The van der Waals surface area contributed by atoms with Crippen LogP contribution >= 0.6 is 0 Å². The van der Waals surface area contributed by atoms with Gasteiger partial charge in [0.25, 0.3) is 0 Å². The summed E-state index contributed by atoms with van der Waals surface area (Å²) < 4.78 is 0. The molecule has 6 heteroatoms. The Kier molecular flexibility index (Phi) is 7.55. The van der Waals surface area contributed by atoms with Crippen molar-refractivity contribution < 1.29 is 19.5 Å². The van der Waals surface area contributed by atoms with E-state index in [4.69, 9.17) is 5.11 Å². The van der Waals surface area contributed by atoms with Crippen molar-refractivity contribution in [1.29, 1.82) is 0 Å². The van der Waals surface area contributed by atoms with Gasteiger partial charge in [0.1, 0.15) is 6.04 Å². The number of amides is 2. The van der Waals surface area contributed by atoms with Gasteiger partial charge in [0.2, 0.25) is 11.8 Å². The summed E-state index contributed by atoms with van der Waals surface area (Å²) in [6, 6.07) is 13.1. The SMILES string of the molecule is CNC(=O)[C@H](Cc1ccc2ccccc2c1)NC(=O)[C@H](CC(=O)O)CC(C)C. The normalized spacial score (nSPS) is 13.1. The Morgan fingerprint density at radius 2 is 1.68 bits per heavy atom. The van der Waals surface area contributed by atoms with E-state index in [1.165, 1.54) is 7.05 Å². The van der Waals surface area contributed by atoms with Crippen molar-refractivity contribution in [1.82, 2.24) is 10.6 Å². The number of benzene rings is 2. The summed E-state index contributed by atoms with van der Waals surface area (Å²) in [6.45, 7) is 3.88. The summed E-state index contributed by atoms with van der Waals surface area (Å²) in [5.41, 5.74) is 0.922. The lowest BCUT2D eigenvalue weighted by molar-refractivity contribution is -0.141. The summed E-state index contributed by atoms with van der Waals surface area (Å²) in [5, 5.41) is 16.6. The number of hydrogen-bond donors (Lipinski definition) is 3. The second-order valence-electron chi connectivity index (χ2n) is 7.49. The van der Waals surface area contributed by atoms with Crippen LogP contribution in [0, 0.1) is 11.8 Å². The van der Waals surface area contributed by atoms with Crippen molar-refractivity contribution in [2.24, 2.45) is 11.8 Å². The first kappa shape index (κ1) is 21.4. The smallest absolute Gasteiger partial charge is 0.304 e. The number of likely N-dealkylation sites (N-methyl/N-ethyl adjacent to an activating group) is 1. The zero-order valence-electron chi connectivity index (χ0n) is 16.6. The molecule has 2 amide bonds. The van der Waals surface area contributed by atoms with Gasteiger partial charge in [-0.2, -0.15) is 0 Å². The van der Waals surface area contributed by atoms with Crippen LogP contribution in [0.2, 0.25) is 0 Å². The number of carbonyl (C=O) groups excluding carboxylic acids is 2. The maximum atomic E-state index is 12.7. The Bertz CT molecular complexity index is 847.